The smallest absolute Gasteiger partial charge is 0.320 e. The number of carbonyl (C=O) groups excluding carboxylic acids is 2. The van der Waals surface area contributed by atoms with Crippen LogP contribution in [0.5, 0.6) is 0 Å². The summed E-state index contributed by atoms with van der Waals surface area (Å²) in [6.07, 6.45) is 1.36. The SMILES string of the molecule is CNC(CCC(=O)C(C)(C)NCCOCCOCC(=O)C(C)(C)NCCOCCOC(C)(C)CC(C)(C)C(C)OC)C(=O)O. The number of carbonyl (C=O) groups is 3. The summed E-state index contributed by atoms with van der Waals surface area (Å²) in [6.45, 7) is 21.1. The number of carboxylic acids is 1. The second-order valence-corrected chi connectivity index (χ2v) is 13.6. The molecule has 0 aromatic carbocycles. The van der Waals surface area contributed by atoms with Crippen molar-refractivity contribution in [1.82, 2.24) is 16.0 Å². The lowest BCUT2D eigenvalue weighted by Crippen LogP contribution is -2.49. The van der Waals surface area contributed by atoms with Crippen molar-refractivity contribution in [1.29, 1.82) is 0 Å². The molecule has 2 unspecified atom stereocenters. The van der Waals surface area contributed by atoms with Crippen LogP contribution in [-0.4, -0.2) is 125 Å². The molecule has 0 saturated carbocycles. The highest BCUT2D eigenvalue weighted by atomic mass is 16.5. The summed E-state index contributed by atoms with van der Waals surface area (Å²) in [6, 6.07) is -0.747. The van der Waals surface area contributed by atoms with Crippen molar-refractivity contribution in [3.63, 3.8) is 0 Å². The van der Waals surface area contributed by atoms with Crippen molar-refractivity contribution < 1.29 is 43.2 Å². The van der Waals surface area contributed by atoms with Crippen molar-refractivity contribution >= 4 is 17.5 Å². The van der Waals surface area contributed by atoms with E-state index in [0.29, 0.717) is 46.1 Å². The van der Waals surface area contributed by atoms with E-state index in [1.165, 1.54) is 0 Å². The Labute approximate surface area is 266 Å². The van der Waals surface area contributed by atoms with Crippen LogP contribution in [0, 0.1) is 5.41 Å². The van der Waals surface area contributed by atoms with E-state index in [4.69, 9.17) is 28.8 Å². The lowest BCUT2D eigenvalue weighted by molar-refractivity contribution is -0.139. The Kier molecular flexibility index (Phi) is 19.9. The highest BCUT2D eigenvalue weighted by Crippen LogP contribution is 2.34. The predicted molar refractivity (Wildman–Crippen MR) is 171 cm³/mol. The molecule has 0 aromatic rings. The molecule has 0 amide bonds. The molecule has 0 saturated heterocycles. The zero-order valence-corrected chi connectivity index (χ0v) is 29.4. The number of ketones is 2. The topological polar surface area (TPSA) is 154 Å². The van der Waals surface area contributed by atoms with E-state index < -0.39 is 23.1 Å². The number of rotatable bonds is 28. The Morgan fingerprint density at radius 1 is 0.750 bits per heavy atom. The number of hydrogen-bond acceptors (Lipinski definition) is 11. The number of carboxylic acid groups (broad SMARTS) is 1. The standard InChI is InChI=1S/C32H63N3O9/c1-24(40-11)29(2,3)23-30(4,5)44-21-20-42-17-15-35-32(8,9)27(37)22-43-19-18-41-16-14-34-31(6,7)26(36)13-12-25(33-10)28(38)39/h24-25,33-35H,12-23H2,1-11H3,(H,38,39). The number of likely N-dealkylation sites (N-methyl/N-ethyl adjacent to an activating group) is 1. The fourth-order valence-corrected chi connectivity index (χ4v) is 4.70. The molecule has 0 radical (unpaired) electrons. The van der Waals surface area contributed by atoms with Gasteiger partial charge < -0.3 is 44.7 Å². The second kappa shape index (κ2) is 20.6. The third-order valence-corrected chi connectivity index (χ3v) is 7.99. The fraction of sp³-hybridized carbons (Fsp3) is 0.906. The zero-order chi connectivity index (χ0) is 34.0. The molecule has 12 heteroatoms. The van der Waals surface area contributed by atoms with Crippen LogP contribution in [-0.2, 0) is 38.1 Å². The van der Waals surface area contributed by atoms with Gasteiger partial charge in [-0.1, -0.05) is 13.8 Å². The Morgan fingerprint density at radius 3 is 1.75 bits per heavy atom. The normalized spacial score (nSPS) is 14.4. The molecular formula is C32H63N3O9. The van der Waals surface area contributed by atoms with E-state index in [2.05, 4.69) is 50.6 Å². The molecule has 0 heterocycles. The van der Waals surface area contributed by atoms with Crippen LogP contribution in [0.15, 0.2) is 0 Å². The Hall–Kier alpha value is -1.51. The largest absolute Gasteiger partial charge is 0.480 e. The van der Waals surface area contributed by atoms with Gasteiger partial charge >= 0.3 is 5.97 Å². The minimum absolute atomic E-state index is 0.0138. The van der Waals surface area contributed by atoms with Gasteiger partial charge in [0, 0.05) is 26.6 Å². The van der Waals surface area contributed by atoms with Crippen LogP contribution < -0.4 is 16.0 Å². The Morgan fingerprint density at radius 2 is 1.25 bits per heavy atom. The molecule has 0 aliphatic carbocycles. The molecule has 0 spiro atoms. The van der Waals surface area contributed by atoms with E-state index >= 15 is 0 Å². The first-order valence-electron chi connectivity index (χ1n) is 15.7. The molecule has 0 rings (SSSR count). The van der Waals surface area contributed by atoms with E-state index in [9.17, 15) is 14.4 Å². The number of aliphatic carboxylic acids is 1. The average Bonchev–Trinajstić information content (AvgIpc) is 2.92. The van der Waals surface area contributed by atoms with Gasteiger partial charge in [0.1, 0.15) is 12.6 Å². The monoisotopic (exact) mass is 633 g/mol. The minimum atomic E-state index is -0.973. The first kappa shape index (κ1) is 42.5. The van der Waals surface area contributed by atoms with Crippen molar-refractivity contribution in [2.75, 3.05) is 73.5 Å². The van der Waals surface area contributed by atoms with E-state index in [0.717, 1.165) is 6.42 Å². The molecular weight excluding hydrogens is 570 g/mol. The van der Waals surface area contributed by atoms with Gasteiger partial charge in [0.25, 0.3) is 0 Å². The lowest BCUT2D eigenvalue weighted by Gasteiger charge is -2.38. The van der Waals surface area contributed by atoms with Gasteiger partial charge in [-0.3, -0.25) is 14.4 Å². The van der Waals surface area contributed by atoms with Gasteiger partial charge in [0.2, 0.25) is 0 Å². The highest BCUT2D eigenvalue weighted by Gasteiger charge is 2.34. The molecule has 0 fully saturated rings. The lowest BCUT2D eigenvalue weighted by atomic mass is 9.78. The molecule has 0 aliphatic rings. The highest BCUT2D eigenvalue weighted by molar-refractivity contribution is 5.89. The maximum atomic E-state index is 12.6. The van der Waals surface area contributed by atoms with Crippen LogP contribution in [0.2, 0.25) is 0 Å². The van der Waals surface area contributed by atoms with Gasteiger partial charge in [-0.25, -0.2) is 0 Å². The summed E-state index contributed by atoms with van der Waals surface area (Å²) in [5.41, 5.74) is -1.86. The summed E-state index contributed by atoms with van der Waals surface area (Å²) in [5.74, 6) is -1.11. The van der Waals surface area contributed by atoms with Crippen molar-refractivity contribution in [2.45, 2.75) is 110 Å². The first-order chi connectivity index (χ1) is 20.3. The third-order valence-electron chi connectivity index (χ3n) is 7.99. The molecule has 4 N–H and O–H groups in total. The average molecular weight is 634 g/mol. The summed E-state index contributed by atoms with van der Waals surface area (Å²) >= 11 is 0. The van der Waals surface area contributed by atoms with Gasteiger partial charge in [-0.15, -0.1) is 0 Å². The number of methoxy groups -OCH3 is 1. The number of ether oxygens (including phenoxy) is 5. The molecule has 0 aromatic heterocycles. The second-order valence-electron chi connectivity index (χ2n) is 13.6. The summed E-state index contributed by atoms with van der Waals surface area (Å²) in [5, 5.41) is 18.2. The fourth-order valence-electron chi connectivity index (χ4n) is 4.70. The summed E-state index contributed by atoms with van der Waals surface area (Å²) in [7, 11) is 3.29. The minimum Gasteiger partial charge on any atom is -0.480 e. The van der Waals surface area contributed by atoms with Crippen molar-refractivity contribution in [3.05, 3.63) is 0 Å². The Bertz CT molecular complexity index is 847. The van der Waals surface area contributed by atoms with Crippen LogP contribution in [0.4, 0.5) is 0 Å². The van der Waals surface area contributed by atoms with Crippen LogP contribution in [0.25, 0.3) is 0 Å². The van der Waals surface area contributed by atoms with Crippen LogP contribution in [0.1, 0.15) is 81.6 Å². The maximum Gasteiger partial charge on any atom is 0.320 e. The van der Waals surface area contributed by atoms with Crippen LogP contribution in [0.3, 0.4) is 0 Å². The molecule has 0 aliphatic heterocycles. The number of hydrogen-bond donors (Lipinski definition) is 4. The van der Waals surface area contributed by atoms with Gasteiger partial charge in [-0.2, -0.15) is 0 Å². The quantitative estimate of drug-likeness (QED) is 0.0937. The zero-order valence-electron chi connectivity index (χ0n) is 29.4. The third kappa shape index (κ3) is 17.8. The van der Waals surface area contributed by atoms with Crippen molar-refractivity contribution in [3.8, 4) is 0 Å². The number of nitrogens with one attached hydrogen (secondary N) is 3. The van der Waals surface area contributed by atoms with E-state index in [1.807, 2.05) is 13.8 Å². The number of Topliss-reactive ketones (excluding diaryl/α,β-unsaturated/α-hetero) is 2. The van der Waals surface area contributed by atoms with Crippen LogP contribution >= 0.6 is 0 Å². The molecule has 260 valence electrons. The molecule has 12 nitrogen and oxygen atoms in total. The van der Waals surface area contributed by atoms with Crippen molar-refractivity contribution in [2.24, 2.45) is 5.41 Å². The molecule has 0 bridgehead atoms. The summed E-state index contributed by atoms with van der Waals surface area (Å²) in [4.78, 5) is 36.2. The van der Waals surface area contributed by atoms with E-state index in [-0.39, 0.29) is 54.7 Å². The Balaban J connectivity index is 4.04. The predicted octanol–water partition coefficient (Wildman–Crippen LogP) is 2.61. The molecule has 44 heavy (non-hydrogen) atoms. The molecule has 2 atom stereocenters. The van der Waals surface area contributed by atoms with Gasteiger partial charge in [-0.05, 0) is 73.8 Å². The van der Waals surface area contributed by atoms with E-state index in [1.54, 1.807) is 28.0 Å². The summed E-state index contributed by atoms with van der Waals surface area (Å²) < 4.78 is 28.3. The maximum absolute atomic E-state index is 12.6. The first-order valence-corrected chi connectivity index (χ1v) is 15.7. The van der Waals surface area contributed by atoms with Gasteiger partial charge in [0.15, 0.2) is 11.6 Å². The van der Waals surface area contributed by atoms with Gasteiger partial charge in [0.05, 0.1) is 62.4 Å².